The van der Waals surface area contributed by atoms with Crippen LogP contribution in [0.5, 0.6) is 0 Å². The van der Waals surface area contributed by atoms with E-state index in [1.165, 1.54) is 0 Å². The molecule has 0 bridgehead atoms. The van der Waals surface area contributed by atoms with E-state index >= 15 is 0 Å². The number of amides is 1. The number of aryl methyl sites for hydroxylation is 2. The van der Waals surface area contributed by atoms with Crippen LogP contribution in [-0.2, 0) is 19.4 Å². The number of halogens is 3. The van der Waals surface area contributed by atoms with E-state index in [9.17, 15) is 13.6 Å². The quantitative estimate of drug-likeness (QED) is 0.499. The first-order chi connectivity index (χ1) is 17.4. The molecule has 11 heteroatoms. The van der Waals surface area contributed by atoms with Crippen LogP contribution in [0.15, 0.2) is 24.4 Å². The van der Waals surface area contributed by atoms with Crippen LogP contribution in [0.2, 0.25) is 5.02 Å². The molecular formula is C25H30ClF2N7O. The molecule has 36 heavy (non-hydrogen) atoms. The average Bonchev–Trinajstić information content (AvgIpc) is 3.44. The van der Waals surface area contributed by atoms with E-state index in [0.717, 1.165) is 23.5 Å². The molecule has 2 N–H and O–H groups in total. The van der Waals surface area contributed by atoms with Crippen LogP contribution in [0, 0.1) is 5.92 Å². The summed E-state index contributed by atoms with van der Waals surface area (Å²) in [6.07, 6.45) is 1.51. The van der Waals surface area contributed by atoms with Gasteiger partial charge in [0.15, 0.2) is 11.3 Å². The molecule has 3 atom stereocenters. The molecule has 3 unspecified atom stereocenters. The minimum atomic E-state index is -2.37. The number of alkyl halides is 2. The number of likely N-dealkylation sites (N-methyl/N-ethyl adjacent to an activating group) is 1. The van der Waals surface area contributed by atoms with Crippen LogP contribution in [0.4, 0.5) is 14.6 Å². The predicted molar refractivity (Wildman–Crippen MR) is 135 cm³/mol. The lowest BCUT2D eigenvalue weighted by Gasteiger charge is -2.26. The summed E-state index contributed by atoms with van der Waals surface area (Å²) >= 11 is 6.32. The molecule has 8 nitrogen and oxygen atoms in total. The van der Waals surface area contributed by atoms with Crippen molar-refractivity contribution in [3.8, 4) is 0 Å². The molecule has 5 rings (SSSR count). The average molecular weight is 518 g/mol. The van der Waals surface area contributed by atoms with Crippen molar-refractivity contribution in [3.05, 3.63) is 46.4 Å². The minimum Gasteiger partial charge on any atom is -0.354 e. The van der Waals surface area contributed by atoms with Gasteiger partial charge in [0.1, 0.15) is 5.82 Å². The highest BCUT2D eigenvalue weighted by Crippen LogP contribution is 2.30. The predicted octanol–water partition coefficient (Wildman–Crippen LogP) is 3.47. The lowest BCUT2D eigenvalue weighted by Crippen LogP contribution is -2.39. The Kier molecular flexibility index (Phi) is 7.07. The van der Waals surface area contributed by atoms with Gasteiger partial charge in [0.2, 0.25) is 6.43 Å². The number of carbonyl (C=O) groups excluding carboxylic acids is 1. The van der Waals surface area contributed by atoms with E-state index in [4.69, 9.17) is 16.6 Å². The van der Waals surface area contributed by atoms with Crippen molar-refractivity contribution in [2.24, 2.45) is 5.92 Å². The number of anilines is 1. The fraction of sp³-hybridized carbons (Fsp3) is 0.520. The summed E-state index contributed by atoms with van der Waals surface area (Å²) in [6.45, 7) is 6.09. The number of hydrogen-bond acceptors (Lipinski definition) is 6. The van der Waals surface area contributed by atoms with Gasteiger partial charge in [0, 0.05) is 49.0 Å². The molecule has 0 spiro atoms. The highest BCUT2D eigenvalue weighted by molar-refractivity contribution is 6.35. The summed E-state index contributed by atoms with van der Waals surface area (Å²) in [4.78, 5) is 19.7. The van der Waals surface area contributed by atoms with Crippen LogP contribution in [0.1, 0.15) is 42.0 Å². The molecule has 3 aromatic heterocycles. The maximum atomic E-state index is 13.5. The zero-order chi connectivity index (χ0) is 25.4. The molecule has 192 valence electrons. The van der Waals surface area contributed by atoms with Crippen LogP contribution < -0.4 is 15.5 Å². The zero-order valence-electron chi connectivity index (χ0n) is 20.3. The summed E-state index contributed by atoms with van der Waals surface area (Å²) in [7, 11) is 0. The normalized spacial score (nSPS) is 21.8. The first kappa shape index (κ1) is 24.8. The van der Waals surface area contributed by atoms with Crippen molar-refractivity contribution < 1.29 is 13.6 Å². The Morgan fingerprint density at radius 2 is 2.08 bits per heavy atom. The summed E-state index contributed by atoms with van der Waals surface area (Å²) in [6, 6.07) is 5.29. The monoisotopic (exact) mass is 517 g/mol. The van der Waals surface area contributed by atoms with E-state index in [2.05, 4.69) is 20.8 Å². The van der Waals surface area contributed by atoms with Crippen molar-refractivity contribution in [1.29, 1.82) is 0 Å². The Morgan fingerprint density at radius 3 is 2.83 bits per heavy atom. The third-order valence-corrected chi connectivity index (χ3v) is 7.51. The van der Waals surface area contributed by atoms with Gasteiger partial charge in [-0.25, -0.2) is 13.8 Å². The van der Waals surface area contributed by atoms with Gasteiger partial charge in [0.05, 0.1) is 10.9 Å². The molecular weight excluding hydrogens is 488 g/mol. The molecule has 0 radical (unpaired) electrons. The highest BCUT2D eigenvalue weighted by atomic mass is 35.5. The van der Waals surface area contributed by atoms with Crippen molar-refractivity contribution in [2.75, 3.05) is 24.5 Å². The highest BCUT2D eigenvalue weighted by Gasteiger charge is 2.39. The smallest absolute Gasteiger partial charge is 0.272 e. The van der Waals surface area contributed by atoms with E-state index in [0.29, 0.717) is 48.5 Å². The fourth-order valence-corrected chi connectivity index (χ4v) is 5.56. The van der Waals surface area contributed by atoms with Crippen molar-refractivity contribution in [1.82, 2.24) is 30.4 Å². The van der Waals surface area contributed by atoms with Gasteiger partial charge in [0.25, 0.3) is 5.91 Å². The number of fused-ring (bicyclic) bond motifs is 2. The molecule has 0 saturated carbocycles. The van der Waals surface area contributed by atoms with Gasteiger partial charge in [-0.05, 0) is 50.4 Å². The lowest BCUT2D eigenvalue weighted by atomic mass is 9.91. The number of pyridine rings is 1. The Bertz CT molecular complexity index is 1270. The van der Waals surface area contributed by atoms with Crippen LogP contribution in [0.25, 0.3) is 11.0 Å². The standard InChI is InChI=1S/C25H30ClF2N7O/c1-3-29-21-13-35(11-17(21)23(27)28)22-8-5-14-9-15(6-7-19(14)31-22)30-25(36)20-10-16-18(26)12-34(4-2)24(16)33-32-20/h5,8,10,12,15,17,21,23,29H,3-4,6-7,9,11,13H2,1-2H3,(H,30,36). The summed E-state index contributed by atoms with van der Waals surface area (Å²) in [5, 5.41) is 15.8. The van der Waals surface area contributed by atoms with E-state index < -0.39 is 12.3 Å². The Hall–Kier alpha value is -2.85. The number of aromatic nitrogens is 4. The Morgan fingerprint density at radius 1 is 1.25 bits per heavy atom. The molecule has 1 aliphatic heterocycles. The van der Waals surface area contributed by atoms with Gasteiger partial charge in [-0.3, -0.25) is 4.79 Å². The van der Waals surface area contributed by atoms with E-state index in [1.54, 1.807) is 12.3 Å². The second-order valence-corrected chi connectivity index (χ2v) is 9.89. The first-order valence-corrected chi connectivity index (χ1v) is 12.8. The fourth-order valence-electron chi connectivity index (χ4n) is 5.30. The zero-order valence-corrected chi connectivity index (χ0v) is 21.1. The maximum Gasteiger partial charge on any atom is 0.272 e. The largest absolute Gasteiger partial charge is 0.354 e. The van der Waals surface area contributed by atoms with Gasteiger partial charge in [-0.15, -0.1) is 10.2 Å². The van der Waals surface area contributed by atoms with Gasteiger partial charge >= 0.3 is 0 Å². The molecule has 1 saturated heterocycles. The Balaban J connectivity index is 1.25. The molecule has 4 heterocycles. The number of carbonyl (C=O) groups is 1. The van der Waals surface area contributed by atoms with Gasteiger partial charge in [-0.1, -0.05) is 24.6 Å². The van der Waals surface area contributed by atoms with Gasteiger partial charge < -0.3 is 20.1 Å². The van der Waals surface area contributed by atoms with Crippen molar-refractivity contribution in [2.45, 2.75) is 58.2 Å². The second kappa shape index (κ2) is 10.3. The molecule has 2 aliphatic rings. The maximum absolute atomic E-state index is 13.5. The minimum absolute atomic E-state index is 0.0565. The summed E-state index contributed by atoms with van der Waals surface area (Å²) in [5.41, 5.74) is 2.91. The van der Waals surface area contributed by atoms with Crippen LogP contribution >= 0.6 is 11.6 Å². The van der Waals surface area contributed by atoms with Crippen LogP contribution in [-0.4, -0.2) is 63.8 Å². The van der Waals surface area contributed by atoms with E-state index in [-0.39, 0.29) is 30.2 Å². The Labute approximate surface area is 213 Å². The topological polar surface area (TPSA) is 88.0 Å². The van der Waals surface area contributed by atoms with Crippen LogP contribution in [0.3, 0.4) is 0 Å². The number of nitrogens with zero attached hydrogens (tertiary/aromatic N) is 5. The number of rotatable bonds is 7. The summed E-state index contributed by atoms with van der Waals surface area (Å²) in [5.74, 6) is -0.255. The van der Waals surface area contributed by atoms with E-state index in [1.807, 2.05) is 35.4 Å². The molecule has 1 aliphatic carbocycles. The number of nitrogens with one attached hydrogen (secondary N) is 2. The first-order valence-electron chi connectivity index (χ1n) is 12.5. The third-order valence-electron chi connectivity index (χ3n) is 7.21. The second-order valence-electron chi connectivity index (χ2n) is 9.49. The molecule has 1 fully saturated rings. The van der Waals surface area contributed by atoms with Gasteiger partial charge in [-0.2, -0.15) is 0 Å². The van der Waals surface area contributed by atoms with Crippen molar-refractivity contribution >= 4 is 34.4 Å². The SMILES string of the molecule is CCNC1CN(c2ccc3c(n2)CCC(NC(=O)c2cc4c(Cl)cn(CC)c4nn2)C3)CC1C(F)F. The lowest BCUT2D eigenvalue weighted by molar-refractivity contribution is 0.0743. The van der Waals surface area contributed by atoms with Crippen molar-refractivity contribution in [3.63, 3.8) is 0 Å². The molecule has 3 aromatic rings. The summed E-state index contributed by atoms with van der Waals surface area (Å²) < 4.78 is 28.9. The molecule has 1 amide bonds. The number of hydrogen-bond donors (Lipinski definition) is 2. The third kappa shape index (κ3) is 4.76. The molecule has 0 aromatic carbocycles.